The highest BCUT2D eigenvalue weighted by Gasteiger charge is 2.15. The van der Waals surface area contributed by atoms with Crippen molar-refractivity contribution >= 4 is 55.4 Å². The van der Waals surface area contributed by atoms with E-state index in [1.165, 1.54) is 0 Å². The second-order valence-corrected chi connectivity index (χ2v) is 5.33. The van der Waals surface area contributed by atoms with Crippen LogP contribution in [0, 0.1) is 0 Å². The minimum Gasteiger partial charge on any atom is -0.495 e. The standard InChI is InChI=1S/C11H13Br2N3O2S/c1-14-11(19)16-15-5-6-4-7(12)10(18-3)8(13)9(6)17-2/h4-5H,1-3H3,(H2,14,16,19)/b15-5+. The first-order valence-corrected chi connectivity index (χ1v) is 7.15. The molecule has 0 radical (unpaired) electrons. The van der Waals surface area contributed by atoms with Crippen LogP contribution in [-0.2, 0) is 0 Å². The predicted molar refractivity (Wildman–Crippen MR) is 87.3 cm³/mol. The van der Waals surface area contributed by atoms with Crippen molar-refractivity contribution in [3.63, 3.8) is 0 Å². The van der Waals surface area contributed by atoms with Crippen LogP contribution in [0.2, 0.25) is 0 Å². The number of hydrogen-bond acceptors (Lipinski definition) is 4. The zero-order valence-electron chi connectivity index (χ0n) is 10.6. The lowest BCUT2D eigenvalue weighted by Gasteiger charge is -2.13. The van der Waals surface area contributed by atoms with E-state index in [4.69, 9.17) is 21.7 Å². The fraction of sp³-hybridized carbons (Fsp3) is 0.273. The number of benzene rings is 1. The van der Waals surface area contributed by atoms with Crippen LogP contribution >= 0.6 is 44.1 Å². The molecule has 0 unspecified atom stereocenters. The second kappa shape index (κ2) is 7.66. The van der Waals surface area contributed by atoms with Crippen molar-refractivity contribution in [2.24, 2.45) is 5.10 Å². The lowest BCUT2D eigenvalue weighted by atomic mass is 10.2. The third kappa shape index (κ3) is 4.05. The third-order valence-electron chi connectivity index (χ3n) is 2.17. The summed E-state index contributed by atoms with van der Waals surface area (Å²) >= 11 is 11.8. The van der Waals surface area contributed by atoms with Gasteiger partial charge in [0, 0.05) is 12.6 Å². The Hall–Kier alpha value is -0.860. The van der Waals surface area contributed by atoms with E-state index in [2.05, 4.69) is 47.7 Å². The van der Waals surface area contributed by atoms with Gasteiger partial charge in [-0.1, -0.05) is 0 Å². The number of rotatable bonds is 4. The first-order chi connectivity index (χ1) is 9.04. The first kappa shape index (κ1) is 16.2. The number of ether oxygens (including phenoxy) is 2. The second-order valence-electron chi connectivity index (χ2n) is 3.28. The predicted octanol–water partition coefficient (Wildman–Crippen LogP) is 2.66. The highest BCUT2D eigenvalue weighted by molar-refractivity contribution is 9.11. The van der Waals surface area contributed by atoms with Gasteiger partial charge >= 0.3 is 0 Å². The van der Waals surface area contributed by atoms with E-state index in [1.807, 2.05) is 6.07 Å². The molecule has 0 bridgehead atoms. The van der Waals surface area contributed by atoms with E-state index >= 15 is 0 Å². The molecule has 0 fully saturated rings. The monoisotopic (exact) mass is 409 g/mol. The number of hydrogen-bond donors (Lipinski definition) is 2. The smallest absolute Gasteiger partial charge is 0.186 e. The van der Waals surface area contributed by atoms with Crippen molar-refractivity contribution in [1.29, 1.82) is 0 Å². The molecule has 2 N–H and O–H groups in total. The molecule has 0 aromatic heterocycles. The normalized spacial score (nSPS) is 10.4. The van der Waals surface area contributed by atoms with Crippen molar-refractivity contribution in [1.82, 2.24) is 10.7 Å². The van der Waals surface area contributed by atoms with Crippen LogP contribution in [0.3, 0.4) is 0 Å². The van der Waals surface area contributed by atoms with Gasteiger partial charge in [0.1, 0.15) is 10.2 Å². The molecular formula is C11H13Br2N3O2S. The van der Waals surface area contributed by atoms with Crippen molar-refractivity contribution < 1.29 is 9.47 Å². The number of nitrogens with zero attached hydrogens (tertiary/aromatic N) is 1. The van der Waals surface area contributed by atoms with E-state index in [-0.39, 0.29) is 0 Å². The largest absolute Gasteiger partial charge is 0.495 e. The van der Waals surface area contributed by atoms with Crippen LogP contribution in [0.4, 0.5) is 0 Å². The zero-order valence-corrected chi connectivity index (χ0v) is 14.6. The van der Waals surface area contributed by atoms with Crippen LogP contribution in [0.15, 0.2) is 20.1 Å². The van der Waals surface area contributed by atoms with Gasteiger partial charge in [-0.05, 0) is 50.1 Å². The van der Waals surface area contributed by atoms with E-state index in [0.29, 0.717) is 21.1 Å². The maximum Gasteiger partial charge on any atom is 0.186 e. The summed E-state index contributed by atoms with van der Waals surface area (Å²) in [6.45, 7) is 0. The summed E-state index contributed by atoms with van der Waals surface area (Å²) in [6, 6.07) is 1.84. The lowest BCUT2D eigenvalue weighted by Crippen LogP contribution is -2.28. The van der Waals surface area contributed by atoms with Crippen molar-refractivity contribution in [2.45, 2.75) is 0 Å². The van der Waals surface area contributed by atoms with Gasteiger partial charge in [-0.2, -0.15) is 5.10 Å². The summed E-state index contributed by atoms with van der Waals surface area (Å²) < 4.78 is 12.1. The van der Waals surface area contributed by atoms with Crippen LogP contribution in [0.25, 0.3) is 0 Å². The molecule has 0 aliphatic rings. The SMILES string of the molecule is CNC(=S)N/N=C/c1cc(Br)c(OC)c(Br)c1OC. The Bertz CT molecular complexity index is 509. The van der Waals surface area contributed by atoms with E-state index < -0.39 is 0 Å². The summed E-state index contributed by atoms with van der Waals surface area (Å²) in [7, 11) is 4.88. The molecule has 1 aromatic carbocycles. The maximum atomic E-state index is 5.34. The van der Waals surface area contributed by atoms with Crippen molar-refractivity contribution in [3.05, 3.63) is 20.6 Å². The summed E-state index contributed by atoms with van der Waals surface area (Å²) in [5.74, 6) is 1.29. The fourth-order valence-corrected chi connectivity index (χ4v) is 3.00. The molecule has 0 saturated carbocycles. The average molecular weight is 411 g/mol. The molecule has 5 nitrogen and oxygen atoms in total. The summed E-state index contributed by atoms with van der Waals surface area (Å²) in [4.78, 5) is 0. The molecule has 0 aliphatic carbocycles. The van der Waals surface area contributed by atoms with Gasteiger partial charge in [-0.25, -0.2) is 0 Å². The molecule has 0 spiro atoms. The average Bonchev–Trinajstić information content (AvgIpc) is 2.39. The minimum atomic E-state index is 0.432. The maximum absolute atomic E-state index is 5.34. The number of methoxy groups -OCH3 is 2. The van der Waals surface area contributed by atoms with Gasteiger partial charge in [0.2, 0.25) is 0 Å². The van der Waals surface area contributed by atoms with Gasteiger partial charge in [-0.15, -0.1) is 0 Å². The molecule has 0 atom stereocenters. The summed E-state index contributed by atoms with van der Waals surface area (Å²) in [6.07, 6.45) is 1.61. The summed E-state index contributed by atoms with van der Waals surface area (Å²) in [5.41, 5.74) is 3.44. The van der Waals surface area contributed by atoms with Crippen LogP contribution in [0.1, 0.15) is 5.56 Å². The Morgan fingerprint density at radius 3 is 2.47 bits per heavy atom. The molecule has 1 rings (SSSR count). The van der Waals surface area contributed by atoms with Gasteiger partial charge in [0.05, 0.1) is 24.9 Å². The molecule has 104 valence electrons. The van der Waals surface area contributed by atoms with Gasteiger partial charge in [0.25, 0.3) is 0 Å². The molecule has 0 heterocycles. The Labute approximate surface area is 134 Å². The first-order valence-electron chi connectivity index (χ1n) is 5.15. The van der Waals surface area contributed by atoms with Gasteiger partial charge < -0.3 is 14.8 Å². The number of thiocarbonyl (C=S) groups is 1. The van der Waals surface area contributed by atoms with E-state index in [1.54, 1.807) is 27.5 Å². The lowest BCUT2D eigenvalue weighted by molar-refractivity contribution is 0.387. The fourth-order valence-electron chi connectivity index (χ4n) is 1.31. The van der Waals surface area contributed by atoms with Crippen LogP contribution < -0.4 is 20.2 Å². The topological polar surface area (TPSA) is 54.9 Å². The summed E-state index contributed by atoms with van der Waals surface area (Å²) in [5, 5.41) is 7.21. The number of nitrogens with one attached hydrogen (secondary N) is 2. The van der Waals surface area contributed by atoms with E-state index in [9.17, 15) is 0 Å². The Morgan fingerprint density at radius 2 is 1.95 bits per heavy atom. The van der Waals surface area contributed by atoms with Crippen molar-refractivity contribution in [3.8, 4) is 11.5 Å². The number of hydrazone groups is 1. The Morgan fingerprint density at radius 1 is 1.32 bits per heavy atom. The molecular weight excluding hydrogens is 398 g/mol. The molecule has 0 amide bonds. The minimum absolute atomic E-state index is 0.432. The zero-order chi connectivity index (χ0) is 14.4. The van der Waals surface area contributed by atoms with Gasteiger partial charge in [0.15, 0.2) is 10.9 Å². The Kier molecular flexibility index (Phi) is 6.53. The quantitative estimate of drug-likeness (QED) is 0.454. The van der Waals surface area contributed by atoms with Crippen molar-refractivity contribution in [2.75, 3.05) is 21.3 Å². The highest BCUT2D eigenvalue weighted by atomic mass is 79.9. The van der Waals surface area contributed by atoms with Crippen LogP contribution in [-0.4, -0.2) is 32.6 Å². The Balaban J connectivity index is 3.10. The highest BCUT2D eigenvalue weighted by Crippen LogP contribution is 2.41. The van der Waals surface area contributed by atoms with Gasteiger partial charge in [-0.3, -0.25) is 5.43 Å². The molecule has 8 heteroatoms. The number of halogens is 2. The van der Waals surface area contributed by atoms with E-state index in [0.717, 1.165) is 10.0 Å². The molecule has 1 aromatic rings. The van der Waals surface area contributed by atoms with Crippen LogP contribution in [0.5, 0.6) is 11.5 Å². The molecule has 0 aliphatic heterocycles. The third-order valence-corrected chi connectivity index (χ3v) is 3.77. The molecule has 19 heavy (non-hydrogen) atoms. The molecule has 0 saturated heterocycles.